The van der Waals surface area contributed by atoms with Crippen LogP contribution in [0.1, 0.15) is 22.2 Å². The highest BCUT2D eigenvalue weighted by Gasteiger charge is 2.12. The first-order valence-corrected chi connectivity index (χ1v) is 9.87. The predicted octanol–water partition coefficient (Wildman–Crippen LogP) is 4.62. The van der Waals surface area contributed by atoms with E-state index in [0.29, 0.717) is 18.9 Å². The van der Waals surface area contributed by atoms with Crippen molar-refractivity contribution in [3.63, 3.8) is 0 Å². The molecular formula is C20H28F2IN3O2S. The summed E-state index contributed by atoms with van der Waals surface area (Å²) < 4.78 is 34.7. The van der Waals surface area contributed by atoms with E-state index in [1.165, 1.54) is 16.9 Å². The van der Waals surface area contributed by atoms with Crippen molar-refractivity contribution in [2.75, 3.05) is 20.7 Å². The number of hydrogen-bond acceptors (Lipinski definition) is 4. The van der Waals surface area contributed by atoms with Gasteiger partial charge in [-0.1, -0.05) is 6.07 Å². The van der Waals surface area contributed by atoms with Gasteiger partial charge in [0.15, 0.2) is 17.5 Å². The van der Waals surface area contributed by atoms with Crippen LogP contribution in [0.3, 0.4) is 0 Å². The van der Waals surface area contributed by atoms with Crippen molar-refractivity contribution in [2.24, 2.45) is 4.99 Å². The number of guanidine groups is 1. The van der Waals surface area contributed by atoms with E-state index in [1.807, 2.05) is 6.07 Å². The van der Waals surface area contributed by atoms with Crippen molar-refractivity contribution in [1.82, 2.24) is 10.6 Å². The SMILES string of the molecule is CN=C(NCCc1ccc(OC)c(OC(F)F)c1)NC(C)Cc1ccc(C)s1.I. The van der Waals surface area contributed by atoms with Gasteiger partial charge in [0.25, 0.3) is 0 Å². The molecule has 0 spiro atoms. The molecule has 9 heteroatoms. The second-order valence-electron chi connectivity index (χ2n) is 6.37. The molecule has 0 aliphatic carbocycles. The number of nitrogens with zero attached hydrogens (tertiary/aromatic N) is 1. The topological polar surface area (TPSA) is 54.9 Å². The highest BCUT2D eigenvalue weighted by atomic mass is 127. The summed E-state index contributed by atoms with van der Waals surface area (Å²) in [5, 5.41) is 6.62. The first kappa shape index (κ1) is 25.4. The molecule has 29 heavy (non-hydrogen) atoms. The molecule has 1 unspecified atom stereocenters. The van der Waals surface area contributed by atoms with E-state index < -0.39 is 6.61 Å². The zero-order valence-corrected chi connectivity index (χ0v) is 20.1. The molecule has 1 heterocycles. The fraction of sp³-hybridized carbons (Fsp3) is 0.450. The minimum Gasteiger partial charge on any atom is -0.493 e. The third-order valence-electron chi connectivity index (χ3n) is 4.06. The second-order valence-corrected chi connectivity index (χ2v) is 7.75. The fourth-order valence-electron chi connectivity index (χ4n) is 2.77. The van der Waals surface area contributed by atoms with Crippen LogP contribution in [0.15, 0.2) is 35.3 Å². The molecule has 0 aliphatic heterocycles. The normalized spacial score (nSPS) is 12.3. The van der Waals surface area contributed by atoms with Crippen LogP contribution >= 0.6 is 35.3 Å². The molecule has 2 rings (SSSR count). The summed E-state index contributed by atoms with van der Waals surface area (Å²) in [5.74, 6) is 1.03. The Balaban J connectivity index is 0.00000420. The fourth-order valence-corrected chi connectivity index (χ4v) is 3.78. The van der Waals surface area contributed by atoms with Crippen LogP contribution < -0.4 is 20.1 Å². The van der Waals surface area contributed by atoms with Gasteiger partial charge in [-0.3, -0.25) is 4.99 Å². The largest absolute Gasteiger partial charge is 0.493 e. The molecule has 162 valence electrons. The standard InChI is InChI=1S/C20H27F2N3O2S.HI/c1-13(11-16-7-5-14(2)28-16)25-20(23-3)24-10-9-15-6-8-17(26-4)18(12-15)27-19(21)22;/h5-8,12-13,19H,9-11H2,1-4H3,(H2,23,24,25);1H. The van der Waals surface area contributed by atoms with E-state index in [-0.39, 0.29) is 41.5 Å². The third kappa shape index (κ3) is 8.73. The number of aliphatic imine (C=N–C) groups is 1. The predicted molar refractivity (Wildman–Crippen MR) is 125 cm³/mol. The molecule has 0 fully saturated rings. The molecule has 0 radical (unpaired) electrons. The molecule has 0 saturated carbocycles. The van der Waals surface area contributed by atoms with Gasteiger partial charge in [0.2, 0.25) is 0 Å². The number of rotatable bonds is 9. The summed E-state index contributed by atoms with van der Waals surface area (Å²) in [4.78, 5) is 6.88. The Labute approximate surface area is 191 Å². The highest BCUT2D eigenvalue weighted by molar-refractivity contribution is 14.0. The van der Waals surface area contributed by atoms with Gasteiger partial charge in [0.1, 0.15) is 0 Å². The molecule has 0 bridgehead atoms. The summed E-state index contributed by atoms with van der Waals surface area (Å²) in [7, 11) is 3.14. The van der Waals surface area contributed by atoms with Gasteiger partial charge in [-0.15, -0.1) is 35.3 Å². The molecule has 5 nitrogen and oxygen atoms in total. The Morgan fingerprint density at radius 2 is 1.97 bits per heavy atom. The van der Waals surface area contributed by atoms with E-state index in [1.54, 1.807) is 30.5 Å². The Morgan fingerprint density at radius 3 is 2.55 bits per heavy atom. The van der Waals surface area contributed by atoms with Gasteiger partial charge in [-0.25, -0.2) is 0 Å². The molecular weight excluding hydrogens is 511 g/mol. The Morgan fingerprint density at radius 1 is 1.21 bits per heavy atom. The number of halogens is 3. The molecule has 2 aromatic rings. The molecule has 0 aliphatic rings. The average Bonchev–Trinajstić information content (AvgIpc) is 3.05. The molecule has 0 saturated heterocycles. The van der Waals surface area contributed by atoms with Crippen LogP contribution in [0, 0.1) is 6.92 Å². The van der Waals surface area contributed by atoms with Gasteiger partial charge in [0.05, 0.1) is 7.11 Å². The maximum Gasteiger partial charge on any atom is 0.387 e. The van der Waals surface area contributed by atoms with Gasteiger partial charge >= 0.3 is 6.61 Å². The van der Waals surface area contributed by atoms with Gasteiger partial charge in [-0.2, -0.15) is 8.78 Å². The van der Waals surface area contributed by atoms with Crippen molar-refractivity contribution in [1.29, 1.82) is 0 Å². The zero-order chi connectivity index (χ0) is 20.5. The zero-order valence-electron chi connectivity index (χ0n) is 17.0. The number of thiophene rings is 1. The van der Waals surface area contributed by atoms with Crippen LogP contribution in [-0.4, -0.2) is 39.3 Å². The lowest BCUT2D eigenvalue weighted by molar-refractivity contribution is -0.0512. The average molecular weight is 539 g/mol. The summed E-state index contributed by atoms with van der Waals surface area (Å²) in [6, 6.07) is 9.54. The molecule has 2 N–H and O–H groups in total. The van der Waals surface area contributed by atoms with Crippen LogP contribution in [-0.2, 0) is 12.8 Å². The minimum absolute atomic E-state index is 0. The van der Waals surface area contributed by atoms with E-state index >= 15 is 0 Å². The van der Waals surface area contributed by atoms with E-state index in [9.17, 15) is 8.78 Å². The maximum absolute atomic E-state index is 12.5. The number of methoxy groups -OCH3 is 1. The number of hydrogen-bond donors (Lipinski definition) is 2. The summed E-state index contributed by atoms with van der Waals surface area (Å²) >= 11 is 1.80. The number of aryl methyl sites for hydroxylation is 1. The first-order chi connectivity index (χ1) is 13.4. The Hall–Kier alpha value is -1.62. The lowest BCUT2D eigenvalue weighted by atomic mass is 10.1. The lowest BCUT2D eigenvalue weighted by Crippen LogP contribution is -2.43. The van der Waals surface area contributed by atoms with Crippen LogP contribution in [0.25, 0.3) is 0 Å². The number of ether oxygens (including phenoxy) is 2. The van der Waals surface area contributed by atoms with Crippen molar-refractivity contribution in [3.8, 4) is 11.5 Å². The van der Waals surface area contributed by atoms with Gasteiger partial charge < -0.3 is 20.1 Å². The minimum atomic E-state index is -2.89. The Kier molecular flexibility index (Phi) is 11.3. The van der Waals surface area contributed by atoms with Gasteiger partial charge in [0, 0.05) is 35.8 Å². The van der Waals surface area contributed by atoms with Crippen molar-refractivity contribution in [2.45, 2.75) is 39.3 Å². The number of nitrogens with one attached hydrogen (secondary N) is 2. The molecule has 1 aromatic carbocycles. The summed E-state index contributed by atoms with van der Waals surface area (Å²) in [6.07, 6.45) is 1.55. The van der Waals surface area contributed by atoms with Crippen molar-refractivity contribution >= 4 is 41.3 Å². The molecule has 1 atom stereocenters. The quantitative estimate of drug-likeness (QED) is 0.278. The van der Waals surface area contributed by atoms with Crippen molar-refractivity contribution in [3.05, 3.63) is 45.6 Å². The van der Waals surface area contributed by atoms with E-state index in [0.717, 1.165) is 12.0 Å². The number of benzene rings is 1. The van der Waals surface area contributed by atoms with E-state index in [2.05, 4.69) is 46.3 Å². The second kappa shape index (κ2) is 12.8. The summed E-state index contributed by atoms with van der Waals surface area (Å²) in [6.45, 7) is 1.92. The van der Waals surface area contributed by atoms with E-state index in [4.69, 9.17) is 4.74 Å². The van der Waals surface area contributed by atoms with Crippen LogP contribution in [0.2, 0.25) is 0 Å². The molecule has 1 aromatic heterocycles. The number of alkyl halides is 2. The summed E-state index contributed by atoms with van der Waals surface area (Å²) in [5.41, 5.74) is 0.863. The monoisotopic (exact) mass is 539 g/mol. The van der Waals surface area contributed by atoms with Crippen LogP contribution in [0.4, 0.5) is 8.78 Å². The maximum atomic E-state index is 12.5. The smallest absolute Gasteiger partial charge is 0.387 e. The Bertz CT molecular complexity index is 787. The molecule has 0 amide bonds. The first-order valence-electron chi connectivity index (χ1n) is 9.05. The van der Waals surface area contributed by atoms with Crippen molar-refractivity contribution < 1.29 is 18.3 Å². The van der Waals surface area contributed by atoms with Crippen LogP contribution in [0.5, 0.6) is 11.5 Å². The van der Waals surface area contributed by atoms with Gasteiger partial charge in [-0.05, 0) is 50.1 Å². The lowest BCUT2D eigenvalue weighted by Gasteiger charge is -2.17. The third-order valence-corrected chi connectivity index (χ3v) is 5.08. The highest BCUT2D eigenvalue weighted by Crippen LogP contribution is 2.29.